The maximum absolute atomic E-state index is 12.3. The van der Waals surface area contributed by atoms with Gasteiger partial charge in [-0.2, -0.15) is 0 Å². The summed E-state index contributed by atoms with van der Waals surface area (Å²) >= 11 is 0. The number of allylic oxidation sites excluding steroid dienone is 4. The van der Waals surface area contributed by atoms with Gasteiger partial charge in [0, 0.05) is 5.57 Å². The molecule has 0 atom stereocenters. The van der Waals surface area contributed by atoms with E-state index in [1.165, 1.54) is 37.5 Å². The van der Waals surface area contributed by atoms with E-state index in [1.54, 1.807) is 0 Å². The van der Waals surface area contributed by atoms with E-state index in [9.17, 15) is 14.7 Å². The first kappa shape index (κ1) is 17.2. The van der Waals surface area contributed by atoms with Crippen LogP contribution in [0.3, 0.4) is 0 Å². The summed E-state index contributed by atoms with van der Waals surface area (Å²) in [5, 5.41) is 20.7. The number of esters is 1. The predicted molar refractivity (Wildman–Crippen MR) is 89.4 cm³/mol. The summed E-state index contributed by atoms with van der Waals surface area (Å²) in [6, 6.07) is 0. The van der Waals surface area contributed by atoms with E-state index in [0.29, 0.717) is 17.8 Å². The quantitative estimate of drug-likeness (QED) is 0.755. The lowest BCUT2D eigenvalue weighted by Gasteiger charge is -2.55. The number of ether oxygens (including phenoxy) is 2. The third-order valence-corrected chi connectivity index (χ3v) is 6.06. The van der Waals surface area contributed by atoms with Crippen LogP contribution in [0.2, 0.25) is 0 Å². The zero-order valence-corrected chi connectivity index (χ0v) is 14.6. The molecule has 4 fully saturated rings. The second-order valence-corrected chi connectivity index (χ2v) is 8.22. The van der Waals surface area contributed by atoms with E-state index < -0.39 is 11.9 Å². The van der Waals surface area contributed by atoms with Gasteiger partial charge in [0.2, 0.25) is 0 Å². The average molecular weight is 359 g/mol. The summed E-state index contributed by atoms with van der Waals surface area (Å²) in [7, 11) is 0. The van der Waals surface area contributed by atoms with Crippen molar-refractivity contribution in [2.24, 2.45) is 17.8 Å². The van der Waals surface area contributed by atoms with Crippen molar-refractivity contribution in [2.75, 3.05) is 6.61 Å². The fourth-order valence-electron chi connectivity index (χ4n) is 5.49. The Labute approximate surface area is 152 Å². The van der Waals surface area contributed by atoms with E-state index in [4.69, 9.17) is 14.6 Å². The molecule has 6 nitrogen and oxygen atoms in total. The van der Waals surface area contributed by atoms with E-state index in [-0.39, 0.29) is 35.7 Å². The molecule has 0 aromatic carbocycles. The van der Waals surface area contributed by atoms with Crippen molar-refractivity contribution >= 4 is 11.9 Å². The zero-order chi connectivity index (χ0) is 18.3. The maximum Gasteiger partial charge on any atom is 0.344 e. The topological polar surface area (TPSA) is 95.9 Å². The van der Waals surface area contributed by atoms with Gasteiger partial charge in [-0.1, -0.05) is 6.08 Å². The third-order valence-electron chi connectivity index (χ3n) is 6.06. The van der Waals surface area contributed by atoms with Crippen LogP contribution in [0.1, 0.15) is 44.9 Å². The molecule has 5 rings (SSSR count). The van der Waals surface area contributed by atoms with Gasteiger partial charge in [0.25, 0.3) is 0 Å². The fraction of sp³-hybridized carbons (Fsp3) is 0.600. The summed E-state index contributed by atoms with van der Waals surface area (Å²) < 4.78 is 11.3. The molecule has 6 heteroatoms. The van der Waals surface area contributed by atoms with Crippen molar-refractivity contribution in [2.45, 2.75) is 50.5 Å². The molecule has 4 bridgehead atoms. The normalized spacial score (nSPS) is 35.1. The number of hydrogen-bond acceptors (Lipinski definition) is 5. The lowest BCUT2D eigenvalue weighted by Crippen LogP contribution is -2.53. The van der Waals surface area contributed by atoms with Crippen molar-refractivity contribution < 1.29 is 29.3 Å². The molecule has 0 aliphatic heterocycles. The molecule has 5 aliphatic carbocycles. The minimum absolute atomic E-state index is 0.0514. The minimum Gasteiger partial charge on any atom is -0.875 e. The Morgan fingerprint density at radius 2 is 1.73 bits per heavy atom. The molecular weight excluding hydrogens is 336 g/mol. The van der Waals surface area contributed by atoms with Gasteiger partial charge in [0.15, 0.2) is 6.61 Å². The molecule has 0 radical (unpaired) electrons. The number of aliphatic carboxylic acids is 1. The molecule has 140 valence electrons. The van der Waals surface area contributed by atoms with Gasteiger partial charge < -0.3 is 19.7 Å². The van der Waals surface area contributed by atoms with E-state index in [0.717, 1.165) is 19.3 Å². The average Bonchev–Trinajstić information content (AvgIpc) is 2.73. The van der Waals surface area contributed by atoms with Crippen molar-refractivity contribution in [3.63, 3.8) is 0 Å². The first-order chi connectivity index (χ1) is 12.4. The van der Waals surface area contributed by atoms with Gasteiger partial charge in [-0.15, -0.1) is 5.76 Å². The molecule has 5 aliphatic rings. The van der Waals surface area contributed by atoms with Crippen LogP contribution < -0.4 is 5.11 Å². The van der Waals surface area contributed by atoms with Crippen LogP contribution >= 0.6 is 0 Å². The first-order valence-electron chi connectivity index (χ1n) is 9.27. The first-order valence-corrected chi connectivity index (χ1v) is 9.27. The Kier molecular flexibility index (Phi) is 4.29. The minimum atomic E-state index is -1.17. The Morgan fingerprint density at radius 3 is 2.31 bits per heavy atom. The van der Waals surface area contributed by atoms with Crippen LogP contribution in [0, 0.1) is 17.8 Å². The summed E-state index contributed by atoms with van der Waals surface area (Å²) in [6.45, 7) is -0.279. The van der Waals surface area contributed by atoms with Gasteiger partial charge in [0.05, 0.1) is 0 Å². The summed E-state index contributed by atoms with van der Waals surface area (Å²) in [5.41, 5.74) is -0.374. The molecule has 1 N–H and O–H groups in total. The van der Waals surface area contributed by atoms with E-state index in [2.05, 4.69) is 0 Å². The van der Waals surface area contributed by atoms with Crippen molar-refractivity contribution in [1.82, 2.24) is 0 Å². The lowest BCUT2D eigenvalue weighted by molar-refractivity contribution is -0.305. The van der Waals surface area contributed by atoms with Crippen molar-refractivity contribution in [3.05, 3.63) is 35.3 Å². The van der Waals surface area contributed by atoms with Gasteiger partial charge in [-0.25, -0.2) is 9.59 Å². The molecule has 4 saturated carbocycles. The summed E-state index contributed by atoms with van der Waals surface area (Å²) in [6.07, 6.45) is 10.5. The molecule has 0 unspecified atom stereocenters. The van der Waals surface area contributed by atoms with Crippen LogP contribution in [0.15, 0.2) is 35.3 Å². The third kappa shape index (κ3) is 3.50. The van der Waals surface area contributed by atoms with E-state index >= 15 is 0 Å². The number of carbonyl (C=O) groups excluding carboxylic acids is 1. The number of carbonyl (C=O) groups is 2. The Morgan fingerprint density at radius 1 is 1.12 bits per heavy atom. The van der Waals surface area contributed by atoms with Gasteiger partial charge in [0.1, 0.15) is 11.4 Å². The molecular formula is C20H23O6-. The Bertz CT molecular complexity index is 679. The molecule has 0 amide bonds. The van der Waals surface area contributed by atoms with Crippen LogP contribution in [0.4, 0.5) is 0 Å². The van der Waals surface area contributed by atoms with Crippen molar-refractivity contribution in [3.8, 4) is 0 Å². The number of carboxylic acid groups (broad SMARTS) is 1. The number of carboxylic acids is 1. The summed E-state index contributed by atoms with van der Waals surface area (Å²) in [4.78, 5) is 23.5. The van der Waals surface area contributed by atoms with Crippen LogP contribution in [-0.4, -0.2) is 29.3 Å². The lowest BCUT2D eigenvalue weighted by atomic mass is 9.54. The van der Waals surface area contributed by atoms with Gasteiger partial charge >= 0.3 is 11.9 Å². The highest BCUT2D eigenvalue weighted by Gasteiger charge is 2.53. The van der Waals surface area contributed by atoms with Gasteiger partial charge in [-0.3, -0.25) is 0 Å². The van der Waals surface area contributed by atoms with Crippen LogP contribution in [-0.2, 0) is 19.1 Å². The van der Waals surface area contributed by atoms with Crippen molar-refractivity contribution in [1.29, 1.82) is 0 Å². The maximum atomic E-state index is 12.3. The molecule has 0 aromatic rings. The fourth-order valence-corrected chi connectivity index (χ4v) is 5.49. The molecule has 0 aromatic heterocycles. The Balaban J connectivity index is 1.37. The molecule has 26 heavy (non-hydrogen) atoms. The highest BCUT2D eigenvalue weighted by atomic mass is 16.6. The predicted octanol–water partition coefficient (Wildman–Crippen LogP) is 2.06. The van der Waals surface area contributed by atoms with Crippen LogP contribution in [0.25, 0.3) is 0 Å². The number of rotatable bonds is 5. The van der Waals surface area contributed by atoms with Crippen LogP contribution in [0.5, 0.6) is 0 Å². The summed E-state index contributed by atoms with van der Waals surface area (Å²) in [5.74, 6) is 0.334. The molecule has 0 spiro atoms. The molecule has 0 heterocycles. The zero-order valence-electron chi connectivity index (χ0n) is 14.6. The largest absolute Gasteiger partial charge is 0.875 e. The Hall–Kier alpha value is -2.24. The second-order valence-electron chi connectivity index (χ2n) is 8.22. The van der Waals surface area contributed by atoms with Gasteiger partial charge in [-0.05, 0) is 74.9 Å². The smallest absolute Gasteiger partial charge is 0.344 e. The standard InChI is InChI=1S/C20H24O6/c21-16-1-2-17(7-15(6-16)19(23)24)25-11-18(22)26-20-8-12-3-13(9-20)5-14(4-12)10-20/h1-2,7,12-14,21H,3-6,8-11H2,(H,23,24)/p-1. The number of hydrogen-bond donors (Lipinski definition) is 1. The molecule has 0 saturated heterocycles. The van der Waals surface area contributed by atoms with E-state index in [1.807, 2.05) is 0 Å². The SMILES string of the molecule is O=C(COC1=CC=C([O-])CC(C(=O)O)=C1)OC12CC3CC(CC(C3)C1)C2. The second kappa shape index (κ2) is 6.49. The highest BCUT2D eigenvalue weighted by molar-refractivity contribution is 5.87. The monoisotopic (exact) mass is 359 g/mol. The highest BCUT2D eigenvalue weighted by Crippen LogP contribution is 2.57.